The molecule has 0 aliphatic heterocycles. The fourth-order valence-electron chi connectivity index (χ4n) is 3.24. The Morgan fingerprint density at radius 1 is 1.24 bits per heavy atom. The van der Waals surface area contributed by atoms with Crippen LogP contribution in [-0.4, -0.2) is 11.2 Å². The smallest absolute Gasteiger partial charge is 0.0818 e. The summed E-state index contributed by atoms with van der Waals surface area (Å²) >= 11 is 1.86. The van der Waals surface area contributed by atoms with Crippen LogP contribution in [0.5, 0.6) is 0 Å². The van der Waals surface area contributed by atoms with E-state index in [1.54, 1.807) is 0 Å². The molecule has 0 bridgehead atoms. The van der Waals surface area contributed by atoms with Crippen molar-refractivity contribution in [3.63, 3.8) is 0 Å². The largest absolute Gasteiger partial charge is 0.388 e. The predicted molar refractivity (Wildman–Crippen MR) is 72.6 cm³/mol. The topological polar surface area (TPSA) is 20.2 Å². The molecule has 0 aromatic carbocycles. The molecule has 2 heteroatoms. The zero-order valence-corrected chi connectivity index (χ0v) is 11.0. The molecule has 0 saturated heterocycles. The number of aliphatic hydroxyl groups is 1. The van der Waals surface area contributed by atoms with Gasteiger partial charge in [0.2, 0.25) is 0 Å². The average molecular weight is 248 g/mol. The summed E-state index contributed by atoms with van der Waals surface area (Å²) in [4.78, 5) is 1.51. The quantitative estimate of drug-likeness (QED) is 0.783. The number of thiophene rings is 1. The van der Waals surface area contributed by atoms with Gasteiger partial charge in [0.1, 0.15) is 0 Å². The summed E-state index contributed by atoms with van der Waals surface area (Å²) in [5, 5.41) is 12.8. The van der Waals surface area contributed by atoms with E-state index in [1.807, 2.05) is 11.3 Å². The molecule has 0 spiro atoms. The van der Waals surface area contributed by atoms with E-state index in [9.17, 15) is 5.11 Å². The normalized spacial score (nSPS) is 26.2. The minimum absolute atomic E-state index is 0.219. The maximum atomic E-state index is 10.6. The van der Waals surface area contributed by atoms with Crippen LogP contribution in [0.15, 0.2) is 23.1 Å². The molecule has 92 valence electrons. The lowest BCUT2D eigenvalue weighted by Crippen LogP contribution is -2.24. The first-order valence-corrected chi connectivity index (χ1v) is 7.67. The van der Waals surface area contributed by atoms with Crippen molar-refractivity contribution >= 4 is 11.3 Å². The summed E-state index contributed by atoms with van der Waals surface area (Å²) in [5.74, 6) is 0.370. The predicted octanol–water partition coefficient (Wildman–Crippen LogP) is 4.03. The lowest BCUT2D eigenvalue weighted by Gasteiger charge is -2.30. The molecular formula is C15H20OS. The fraction of sp³-hybridized carbons (Fsp3) is 0.600. The first-order chi connectivity index (χ1) is 8.36. The summed E-state index contributed by atoms with van der Waals surface area (Å²) < 4.78 is 0. The van der Waals surface area contributed by atoms with E-state index < -0.39 is 0 Å². The van der Waals surface area contributed by atoms with Crippen molar-refractivity contribution in [3.8, 4) is 0 Å². The van der Waals surface area contributed by atoms with Crippen LogP contribution in [0.3, 0.4) is 0 Å². The van der Waals surface area contributed by atoms with Crippen molar-refractivity contribution in [2.45, 2.75) is 57.0 Å². The van der Waals surface area contributed by atoms with Crippen LogP contribution < -0.4 is 0 Å². The number of aliphatic hydroxyl groups excluding tert-OH is 1. The molecule has 0 amide bonds. The minimum atomic E-state index is -0.219. The van der Waals surface area contributed by atoms with Crippen LogP contribution in [0.25, 0.3) is 0 Å². The SMILES string of the molecule is OC(C1=CCCCC1)C1CCCc2sccc21. The Labute approximate surface area is 107 Å². The van der Waals surface area contributed by atoms with Crippen LogP contribution in [0.4, 0.5) is 0 Å². The van der Waals surface area contributed by atoms with Crippen molar-refractivity contribution in [2.24, 2.45) is 0 Å². The Bertz CT molecular complexity index is 418. The number of fused-ring (bicyclic) bond motifs is 1. The first kappa shape index (κ1) is 11.5. The minimum Gasteiger partial charge on any atom is -0.388 e. The molecule has 1 nitrogen and oxygen atoms in total. The summed E-state index contributed by atoms with van der Waals surface area (Å²) in [6, 6.07) is 2.23. The third kappa shape index (κ3) is 2.21. The third-order valence-electron chi connectivity index (χ3n) is 4.19. The van der Waals surface area contributed by atoms with Crippen molar-refractivity contribution in [3.05, 3.63) is 33.5 Å². The Morgan fingerprint density at radius 2 is 2.18 bits per heavy atom. The van der Waals surface area contributed by atoms with Gasteiger partial charge in [-0.15, -0.1) is 11.3 Å². The Hall–Kier alpha value is -0.600. The molecule has 3 rings (SSSR count). The van der Waals surface area contributed by atoms with Gasteiger partial charge in [-0.1, -0.05) is 6.08 Å². The van der Waals surface area contributed by atoms with E-state index >= 15 is 0 Å². The van der Waals surface area contributed by atoms with Gasteiger partial charge in [-0.2, -0.15) is 0 Å². The zero-order chi connectivity index (χ0) is 11.7. The van der Waals surface area contributed by atoms with Gasteiger partial charge < -0.3 is 5.11 Å². The Morgan fingerprint density at radius 3 is 3.00 bits per heavy atom. The van der Waals surface area contributed by atoms with E-state index in [4.69, 9.17) is 0 Å². The van der Waals surface area contributed by atoms with E-state index in [0.717, 1.165) is 19.3 Å². The molecule has 0 fully saturated rings. The molecule has 1 heterocycles. The second-order valence-electron chi connectivity index (χ2n) is 5.27. The Kier molecular flexibility index (Phi) is 3.34. The highest BCUT2D eigenvalue weighted by molar-refractivity contribution is 7.10. The van der Waals surface area contributed by atoms with E-state index in [1.165, 1.54) is 41.7 Å². The molecule has 1 aromatic heterocycles. The van der Waals surface area contributed by atoms with Crippen LogP contribution in [-0.2, 0) is 6.42 Å². The highest BCUT2D eigenvalue weighted by atomic mass is 32.1. The number of allylic oxidation sites excluding steroid dienone is 1. The lowest BCUT2D eigenvalue weighted by molar-refractivity contribution is 0.163. The maximum absolute atomic E-state index is 10.6. The summed E-state index contributed by atoms with van der Waals surface area (Å²) in [6.07, 6.45) is 10.5. The number of aryl methyl sites for hydroxylation is 1. The summed E-state index contributed by atoms with van der Waals surface area (Å²) in [7, 11) is 0. The molecule has 2 aliphatic rings. The summed E-state index contributed by atoms with van der Waals surface area (Å²) in [6.45, 7) is 0. The molecular weight excluding hydrogens is 228 g/mol. The molecule has 2 unspecified atom stereocenters. The first-order valence-electron chi connectivity index (χ1n) is 6.79. The molecule has 0 saturated carbocycles. The number of hydrogen-bond donors (Lipinski definition) is 1. The fourth-order valence-corrected chi connectivity index (χ4v) is 4.24. The van der Waals surface area contributed by atoms with E-state index in [-0.39, 0.29) is 6.10 Å². The van der Waals surface area contributed by atoms with Gasteiger partial charge in [0, 0.05) is 10.8 Å². The second-order valence-corrected chi connectivity index (χ2v) is 6.27. The van der Waals surface area contributed by atoms with Crippen LogP contribution in [0, 0.1) is 0 Å². The van der Waals surface area contributed by atoms with E-state index in [2.05, 4.69) is 17.5 Å². The van der Waals surface area contributed by atoms with Crippen LogP contribution in [0.1, 0.15) is 54.9 Å². The third-order valence-corrected chi connectivity index (χ3v) is 5.18. The number of hydrogen-bond acceptors (Lipinski definition) is 2. The molecule has 0 radical (unpaired) electrons. The van der Waals surface area contributed by atoms with Gasteiger partial charge in [0.05, 0.1) is 6.10 Å². The van der Waals surface area contributed by atoms with Crippen molar-refractivity contribution in [1.82, 2.24) is 0 Å². The number of rotatable bonds is 2. The van der Waals surface area contributed by atoms with Crippen molar-refractivity contribution < 1.29 is 5.11 Å². The van der Waals surface area contributed by atoms with Crippen LogP contribution >= 0.6 is 11.3 Å². The molecule has 1 aromatic rings. The highest BCUT2D eigenvalue weighted by Crippen LogP contribution is 2.40. The molecule has 2 atom stereocenters. The maximum Gasteiger partial charge on any atom is 0.0818 e. The zero-order valence-electron chi connectivity index (χ0n) is 10.2. The van der Waals surface area contributed by atoms with Gasteiger partial charge in [-0.25, -0.2) is 0 Å². The standard InChI is InChI=1S/C15H20OS/c16-15(11-5-2-1-3-6-11)13-7-4-8-14-12(13)9-10-17-14/h5,9-10,13,15-16H,1-4,6-8H2. The van der Waals surface area contributed by atoms with Gasteiger partial charge >= 0.3 is 0 Å². The highest BCUT2D eigenvalue weighted by Gasteiger charge is 2.29. The Balaban J connectivity index is 1.83. The average Bonchev–Trinajstić information content (AvgIpc) is 2.87. The van der Waals surface area contributed by atoms with Crippen molar-refractivity contribution in [2.75, 3.05) is 0 Å². The summed E-state index contributed by atoms with van der Waals surface area (Å²) in [5.41, 5.74) is 2.74. The van der Waals surface area contributed by atoms with Gasteiger partial charge in [-0.3, -0.25) is 0 Å². The van der Waals surface area contributed by atoms with Crippen LogP contribution in [0.2, 0.25) is 0 Å². The van der Waals surface area contributed by atoms with E-state index in [0.29, 0.717) is 5.92 Å². The second kappa shape index (κ2) is 4.95. The van der Waals surface area contributed by atoms with Gasteiger partial charge in [0.25, 0.3) is 0 Å². The molecule has 1 N–H and O–H groups in total. The van der Waals surface area contributed by atoms with Gasteiger partial charge in [0.15, 0.2) is 0 Å². The lowest BCUT2D eigenvalue weighted by atomic mass is 9.79. The monoisotopic (exact) mass is 248 g/mol. The molecule has 17 heavy (non-hydrogen) atoms. The van der Waals surface area contributed by atoms with Gasteiger partial charge in [-0.05, 0) is 67.5 Å². The molecule has 2 aliphatic carbocycles. The van der Waals surface area contributed by atoms with Crippen molar-refractivity contribution in [1.29, 1.82) is 0 Å².